The Bertz CT molecular complexity index is 1280. The van der Waals surface area contributed by atoms with Gasteiger partial charge < -0.3 is 19.3 Å². The van der Waals surface area contributed by atoms with Crippen molar-refractivity contribution in [1.82, 2.24) is 15.1 Å². The van der Waals surface area contributed by atoms with Gasteiger partial charge in [-0.25, -0.2) is 5.01 Å². The molecule has 0 radical (unpaired) electrons. The first kappa shape index (κ1) is 20.7. The van der Waals surface area contributed by atoms with Crippen LogP contribution in [0.25, 0.3) is 11.4 Å². The summed E-state index contributed by atoms with van der Waals surface area (Å²) in [7, 11) is 0. The van der Waals surface area contributed by atoms with Crippen LogP contribution in [-0.4, -0.2) is 46.0 Å². The SMILES string of the molecule is Cc1ccc(C)c(NC(=O)CN2N=C(c3nc(-c4ccc5c(c4)OCO5)no3)CCC2=O)c1. The van der Waals surface area contributed by atoms with Crippen molar-refractivity contribution in [2.24, 2.45) is 5.10 Å². The van der Waals surface area contributed by atoms with E-state index in [1.54, 1.807) is 18.2 Å². The molecule has 1 N–H and O–H groups in total. The number of hydrazone groups is 1. The lowest BCUT2D eigenvalue weighted by Gasteiger charge is -2.22. The first-order valence-electron chi connectivity index (χ1n) is 10.5. The van der Waals surface area contributed by atoms with E-state index in [2.05, 4.69) is 20.6 Å². The third-order valence-electron chi connectivity index (χ3n) is 5.37. The molecule has 0 spiro atoms. The number of rotatable bonds is 5. The molecule has 10 heteroatoms. The lowest BCUT2D eigenvalue weighted by molar-refractivity contribution is -0.135. The van der Waals surface area contributed by atoms with Crippen molar-refractivity contribution in [2.75, 3.05) is 18.7 Å². The highest BCUT2D eigenvalue weighted by Crippen LogP contribution is 2.35. The van der Waals surface area contributed by atoms with Gasteiger partial charge in [0.1, 0.15) is 12.3 Å². The first-order chi connectivity index (χ1) is 16.0. The maximum Gasteiger partial charge on any atom is 0.274 e. The van der Waals surface area contributed by atoms with Gasteiger partial charge in [-0.3, -0.25) is 9.59 Å². The molecule has 0 bridgehead atoms. The summed E-state index contributed by atoms with van der Waals surface area (Å²) in [6.07, 6.45) is 0.536. The number of benzene rings is 2. The van der Waals surface area contributed by atoms with Gasteiger partial charge in [-0.05, 0) is 49.2 Å². The number of aromatic nitrogens is 2. The van der Waals surface area contributed by atoms with Gasteiger partial charge in [-0.1, -0.05) is 17.3 Å². The van der Waals surface area contributed by atoms with Crippen molar-refractivity contribution in [1.29, 1.82) is 0 Å². The molecule has 0 fully saturated rings. The third-order valence-corrected chi connectivity index (χ3v) is 5.37. The largest absolute Gasteiger partial charge is 0.454 e. The third kappa shape index (κ3) is 4.27. The summed E-state index contributed by atoms with van der Waals surface area (Å²) >= 11 is 0. The van der Waals surface area contributed by atoms with E-state index in [1.165, 1.54) is 0 Å². The Morgan fingerprint density at radius 2 is 1.94 bits per heavy atom. The molecule has 168 valence electrons. The molecule has 0 atom stereocenters. The summed E-state index contributed by atoms with van der Waals surface area (Å²) in [4.78, 5) is 29.3. The molecule has 0 saturated carbocycles. The van der Waals surface area contributed by atoms with Gasteiger partial charge in [0.15, 0.2) is 11.5 Å². The van der Waals surface area contributed by atoms with Crippen LogP contribution in [0.5, 0.6) is 11.5 Å². The predicted molar refractivity (Wildman–Crippen MR) is 118 cm³/mol. The number of nitrogens with one attached hydrogen (secondary N) is 1. The van der Waals surface area contributed by atoms with E-state index in [-0.39, 0.29) is 37.5 Å². The number of hydrogen-bond acceptors (Lipinski definition) is 8. The molecule has 0 unspecified atom stereocenters. The number of carbonyl (C=O) groups excluding carboxylic acids is 2. The van der Waals surface area contributed by atoms with Gasteiger partial charge in [-0.15, -0.1) is 0 Å². The van der Waals surface area contributed by atoms with E-state index in [4.69, 9.17) is 14.0 Å². The Labute approximate surface area is 189 Å². The van der Waals surface area contributed by atoms with Gasteiger partial charge in [0.2, 0.25) is 24.4 Å². The topological polar surface area (TPSA) is 119 Å². The van der Waals surface area contributed by atoms with Gasteiger partial charge in [0, 0.05) is 24.1 Å². The summed E-state index contributed by atoms with van der Waals surface area (Å²) in [5, 5.41) is 12.3. The minimum absolute atomic E-state index is 0.175. The van der Waals surface area contributed by atoms with Gasteiger partial charge in [-0.2, -0.15) is 10.1 Å². The van der Waals surface area contributed by atoms with Crippen LogP contribution in [0.15, 0.2) is 46.0 Å². The summed E-state index contributed by atoms with van der Waals surface area (Å²) in [5.41, 5.74) is 3.82. The van der Waals surface area contributed by atoms with Crippen LogP contribution < -0.4 is 14.8 Å². The van der Waals surface area contributed by atoms with E-state index in [9.17, 15) is 9.59 Å². The average molecular weight is 447 g/mol. The van der Waals surface area contributed by atoms with Crippen LogP contribution >= 0.6 is 0 Å². The molecule has 0 saturated heterocycles. The lowest BCUT2D eigenvalue weighted by atomic mass is 10.1. The van der Waals surface area contributed by atoms with Gasteiger partial charge in [0.05, 0.1) is 0 Å². The normalized spacial score (nSPS) is 14.9. The molecule has 0 aliphatic carbocycles. The predicted octanol–water partition coefficient (Wildman–Crippen LogP) is 3.05. The number of ether oxygens (including phenoxy) is 2. The lowest BCUT2D eigenvalue weighted by Crippen LogP contribution is -2.38. The van der Waals surface area contributed by atoms with E-state index in [1.807, 2.05) is 32.0 Å². The molecule has 1 aromatic heterocycles. The zero-order chi connectivity index (χ0) is 22.9. The Hall–Kier alpha value is -4.21. The second kappa shape index (κ2) is 8.38. The maximum atomic E-state index is 12.6. The van der Waals surface area contributed by atoms with Crippen molar-refractivity contribution >= 4 is 23.2 Å². The summed E-state index contributed by atoms with van der Waals surface area (Å²) in [6, 6.07) is 11.1. The number of hydrogen-bond donors (Lipinski definition) is 1. The highest BCUT2D eigenvalue weighted by Gasteiger charge is 2.27. The number of aryl methyl sites for hydroxylation is 2. The van der Waals surface area contributed by atoms with Crippen LogP contribution in [0.1, 0.15) is 29.9 Å². The molecular formula is C23H21N5O5. The maximum absolute atomic E-state index is 12.6. The minimum Gasteiger partial charge on any atom is -0.454 e. The van der Waals surface area contributed by atoms with Crippen molar-refractivity contribution in [3.63, 3.8) is 0 Å². The number of anilines is 1. The van der Waals surface area contributed by atoms with Crippen molar-refractivity contribution in [3.05, 3.63) is 53.4 Å². The number of nitrogens with zero attached hydrogens (tertiary/aromatic N) is 4. The first-order valence-corrected chi connectivity index (χ1v) is 10.5. The van der Waals surface area contributed by atoms with Gasteiger partial charge >= 0.3 is 0 Å². The Kier molecular flexibility index (Phi) is 5.25. The molecule has 3 heterocycles. The zero-order valence-corrected chi connectivity index (χ0v) is 18.1. The summed E-state index contributed by atoms with van der Waals surface area (Å²) in [6.45, 7) is 3.82. The Balaban J connectivity index is 1.32. The van der Waals surface area contributed by atoms with Crippen molar-refractivity contribution in [2.45, 2.75) is 26.7 Å². The van der Waals surface area contributed by atoms with E-state index >= 15 is 0 Å². The number of fused-ring (bicyclic) bond motifs is 1. The standard InChI is InChI=1S/C23H21N5O5/c1-13-3-4-14(2)17(9-13)24-20(29)11-28-21(30)8-6-16(26-28)23-25-22(27-33-23)15-5-7-18-19(10-15)32-12-31-18/h3-5,7,9-10H,6,8,11-12H2,1-2H3,(H,24,29). The fraction of sp³-hybridized carbons (Fsp3) is 0.261. The minimum atomic E-state index is -0.339. The van der Waals surface area contributed by atoms with Crippen LogP contribution in [-0.2, 0) is 9.59 Å². The fourth-order valence-corrected chi connectivity index (χ4v) is 3.57. The molecule has 2 aliphatic heterocycles. The monoisotopic (exact) mass is 447 g/mol. The second-order valence-corrected chi connectivity index (χ2v) is 7.86. The highest BCUT2D eigenvalue weighted by atomic mass is 16.7. The van der Waals surface area contributed by atoms with Crippen LogP contribution in [0.3, 0.4) is 0 Å². The zero-order valence-electron chi connectivity index (χ0n) is 18.1. The summed E-state index contributed by atoms with van der Waals surface area (Å²) < 4.78 is 16.1. The molecule has 33 heavy (non-hydrogen) atoms. The van der Waals surface area contributed by atoms with Crippen LogP contribution in [0.2, 0.25) is 0 Å². The smallest absolute Gasteiger partial charge is 0.274 e. The average Bonchev–Trinajstić information content (AvgIpc) is 3.47. The molecule has 2 amide bonds. The van der Waals surface area contributed by atoms with Crippen LogP contribution in [0, 0.1) is 13.8 Å². The summed E-state index contributed by atoms with van der Waals surface area (Å²) in [5.74, 6) is 1.25. The molecule has 10 nitrogen and oxygen atoms in total. The van der Waals surface area contributed by atoms with Crippen molar-refractivity contribution < 1.29 is 23.6 Å². The fourth-order valence-electron chi connectivity index (χ4n) is 3.57. The van der Waals surface area contributed by atoms with E-state index in [0.717, 1.165) is 16.1 Å². The molecular weight excluding hydrogens is 426 g/mol. The molecule has 5 rings (SSSR count). The second-order valence-electron chi connectivity index (χ2n) is 7.86. The van der Waals surface area contributed by atoms with Gasteiger partial charge in [0.25, 0.3) is 5.89 Å². The van der Waals surface area contributed by atoms with Crippen molar-refractivity contribution in [3.8, 4) is 22.9 Å². The van der Waals surface area contributed by atoms with E-state index < -0.39 is 0 Å². The van der Waals surface area contributed by atoms with Crippen LogP contribution in [0.4, 0.5) is 5.69 Å². The van der Waals surface area contributed by atoms with E-state index in [0.29, 0.717) is 40.7 Å². The Morgan fingerprint density at radius 3 is 2.82 bits per heavy atom. The number of carbonyl (C=O) groups is 2. The number of amides is 2. The molecule has 2 aliphatic rings. The quantitative estimate of drug-likeness (QED) is 0.638. The molecule has 3 aromatic rings. The Morgan fingerprint density at radius 1 is 1.09 bits per heavy atom. The highest BCUT2D eigenvalue weighted by molar-refractivity contribution is 6.02. The molecule has 2 aromatic carbocycles.